The van der Waals surface area contributed by atoms with Crippen LogP contribution in [0.3, 0.4) is 0 Å². The first-order valence-electron chi connectivity index (χ1n) is 3.42. The zero-order valence-electron chi connectivity index (χ0n) is 6.70. The third-order valence-electron chi connectivity index (χ3n) is 1.58. The topological polar surface area (TPSA) is 22.0 Å². The molecular formula is C8H12ClNO. The average Bonchev–Trinajstić information content (AvgIpc) is 1.88. The highest BCUT2D eigenvalue weighted by Crippen LogP contribution is 1.91. The zero-order valence-corrected chi connectivity index (χ0v) is 7.52. The monoisotopic (exact) mass is 173 g/mol. The average molecular weight is 174 g/mol. The van der Waals surface area contributed by atoms with Crippen LogP contribution >= 0.6 is 12.4 Å². The molecule has 0 aliphatic rings. The van der Waals surface area contributed by atoms with Crippen LogP contribution in [0.1, 0.15) is 12.6 Å². The standard InChI is InChI=1S/C8H11NO.ClH/c1-3-9-7(2)5-4-6-8(9)10;/h4-6H,3H2,1-2H3;1H. The number of nitrogens with zero attached hydrogens (tertiary/aromatic N) is 1. The van der Waals surface area contributed by atoms with E-state index >= 15 is 0 Å². The van der Waals surface area contributed by atoms with Crippen LogP contribution in [0, 0.1) is 6.92 Å². The van der Waals surface area contributed by atoms with Gasteiger partial charge in [0.1, 0.15) is 0 Å². The molecule has 0 aliphatic heterocycles. The molecule has 0 saturated heterocycles. The van der Waals surface area contributed by atoms with E-state index in [1.165, 1.54) is 0 Å². The molecule has 0 atom stereocenters. The summed E-state index contributed by atoms with van der Waals surface area (Å²) in [6.07, 6.45) is 0. The van der Waals surface area contributed by atoms with Crippen LogP contribution in [0.5, 0.6) is 0 Å². The number of aryl methyl sites for hydroxylation is 1. The van der Waals surface area contributed by atoms with Crippen molar-refractivity contribution in [1.29, 1.82) is 0 Å². The summed E-state index contributed by atoms with van der Waals surface area (Å²) in [7, 11) is 0. The molecular weight excluding hydrogens is 162 g/mol. The lowest BCUT2D eigenvalue weighted by Gasteiger charge is -2.03. The molecule has 0 aliphatic carbocycles. The van der Waals surface area contributed by atoms with Crippen molar-refractivity contribution >= 4 is 12.4 Å². The van der Waals surface area contributed by atoms with Gasteiger partial charge in [0, 0.05) is 18.3 Å². The summed E-state index contributed by atoms with van der Waals surface area (Å²) < 4.78 is 1.74. The summed E-state index contributed by atoms with van der Waals surface area (Å²) >= 11 is 0. The highest BCUT2D eigenvalue weighted by molar-refractivity contribution is 5.85. The van der Waals surface area contributed by atoms with Gasteiger partial charge in [0.2, 0.25) is 0 Å². The number of pyridine rings is 1. The molecule has 0 saturated carbocycles. The molecule has 11 heavy (non-hydrogen) atoms. The highest BCUT2D eigenvalue weighted by atomic mass is 35.5. The van der Waals surface area contributed by atoms with Gasteiger partial charge in [-0.15, -0.1) is 12.4 Å². The van der Waals surface area contributed by atoms with Gasteiger partial charge in [0.25, 0.3) is 5.56 Å². The van der Waals surface area contributed by atoms with Crippen LogP contribution in [0.2, 0.25) is 0 Å². The molecule has 0 unspecified atom stereocenters. The van der Waals surface area contributed by atoms with E-state index in [2.05, 4.69) is 0 Å². The van der Waals surface area contributed by atoms with Crippen LogP contribution in [-0.4, -0.2) is 4.57 Å². The third kappa shape index (κ3) is 2.09. The van der Waals surface area contributed by atoms with Crippen LogP contribution in [-0.2, 0) is 6.54 Å². The number of halogens is 1. The zero-order chi connectivity index (χ0) is 7.56. The summed E-state index contributed by atoms with van der Waals surface area (Å²) in [4.78, 5) is 11.0. The first-order valence-corrected chi connectivity index (χ1v) is 3.42. The van der Waals surface area contributed by atoms with Crippen molar-refractivity contribution in [3.63, 3.8) is 0 Å². The molecule has 2 nitrogen and oxygen atoms in total. The Balaban J connectivity index is 0.000001000. The van der Waals surface area contributed by atoms with Gasteiger partial charge in [0.05, 0.1) is 0 Å². The second-order valence-corrected chi connectivity index (χ2v) is 2.25. The lowest BCUT2D eigenvalue weighted by atomic mass is 10.3. The van der Waals surface area contributed by atoms with E-state index in [0.29, 0.717) is 0 Å². The molecule has 1 aromatic heterocycles. The fraction of sp³-hybridized carbons (Fsp3) is 0.375. The second kappa shape index (κ2) is 4.19. The van der Waals surface area contributed by atoms with Crippen molar-refractivity contribution in [2.24, 2.45) is 0 Å². The lowest BCUT2D eigenvalue weighted by molar-refractivity contribution is 0.700. The Morgan fingerprint density at radius 1 is 1.45 bits per heavy atom. The minimum atomic E-state index is 0. The van der Waals surface area contributed by atoms with Crippen molar-refractivity contribution < 1.29 is 0 Å². The van der Waals surface area contributed by atoms with Crippen LogP contribution < -0.4 is 5.56 Å². The van der Waals surface area contributed by atoms with Crippen LogP contribution in [0.4, 0.5) is 0 Å². The van der Waals surface area contributed by atoms with Crippen molar-refractivity contribution in [2.75, 3.05) is 0 Å². The van der Waals surface area contributed by atoms with Gasteiger partial charge in [-0.05, 0) is 19.9 Å². The molecule has 0 bridgehead atoms. The van der Waals surface area contributed by atoms with Crippen molar-refractivity contribution in [2.45, 2.75) is 20.4 Å². The fourth-order valence-corrected chi connectivity index (χ4v) is 1.03. The third-order valence-corrected chi connectivity index (χ3v) is 1.58. The molecule has 0 radical (unpaired) electrons. The molecule has 1 heterocycles. The Kier molecular flexibility index (Phi) is 3.90. The van der Waals surface area contributed by atoms with Gasteiger partial charge in [0.15, 0.2) is 0 Å². The van der Waals surface area contributed by atoms with Crippen LogP contribution in [0.15, 0.2) is 23.0 Å². The Hall–Kier alpha value is -0.760. The minimum absolute atomic E-state index is 0. The van der Waals surface area contributed by atoms with Crippen molar-refractivity contribution in [1.82, 2.24) is 4.57 Å². The molecule has 1 aromatic rings. The van der Waals surface area contributed by atoms with Gasteiger partial charge in [-0.1, -0.05) is 6.07 Å². The molecule has 0 fully saturated rings. The summed E-state index contributed by atoms with van der Waals surface area (Å²) in [5.41, 5.74) is 1.11. The Morgan fingerprint density at radius 2 is 2.09 bits per heavy atom. The highest BCUT2D eigenvalue weighted by Gasteiger charge is 1.92. The van der Waals surface area contributed by atoms with Gasteiger partial charge in [-0.25, -0.2) is 0 Å². The summed E-state index contributed by atoms with van der Waals surface area (Å²) in [5.74, 6) is 0. The second-order valence-electron chi connectivity index (χ2n) is 2.25. The number of rotatable bonds is 1. The number of hydrogen-bond acceptors (Lipinski definition) is 1. The van der Waals surface area contributed by atoms with Gasteiger partial charge < -0.3 is 4.57 Å². The maximum Gasteiger partial charge on any atom is 0.250 e. The first kappa shape index (κ1) is 10.2. The minimum Gasteiger partial charge on any atom is -0.313 e. The lowest BCUT2D eigenvalue weighted by Crippen LogP contribution is -2.19. The first-order chi connectivity index (χ1) is 4.75. The van der Waals surface area contributed by atoms with E-state index < -0.39 is 0 Å². The number of aromatic nitrogens is 1. The largest absolute Gasteiger partial charge is 0.313 e. The van der Waals surface area contributed by atoms with E-state index in [9.17, 15) is 4.79 Å². The summed E-state index contributed by atoms with van der Waals surface area (Å²) in [5, 5.41) is 0. The fourth-order valence-electron chi connectivity index (χ4n) is 1.03. The normalized spacial score (nSPS) is 8.91. The van der Waals surface area contributed by atoms with E-state index in [-0.39, 0.29) is 18.0 Å². The van der Waals surface area contributed by atoms with E-state index in [0.717, 1.165) is 12.2 Å². The maximum atomic E-state index is 11.0. The van der Waals surface area contributed by atoms with Gasteiger partial charge >= 0.3 is 0 Å². The summed E-state index contributed by atoms with van der Waals surface area (Å²) in [6.45, 7) is 4.66. The number of hydrogen-bond donors (Lipinski definition) is 0. The molecule has 0 N–H and O–H groups in total. The molecule has 1 rings (SSSR count). The molecule has 0 aromatic carbocycles. The quantitative estimate of drug-likeness (QED) is 0.633. The Bertz CT molecular complexity index is 280. The van der Waals surface area contributed by atoms with E-state index in [1.807, 2.05) is 19.9 Å². The van der Waals surface area contributed by atoms with Gasteiger partial charge in [-0.3, -0.25) is 4.79 Å². The van der Waals surface area contributed by atoms with E-state index in [4.69, 9.17) is 0 Å². The van der Waals surface area contributed by atoms with Crippen LogP contribution in [0.25, 0.3) is 0 Å². The SMILES string of the molecule is CCn1c(C)cccc1=O.Cl. The van der Waals surface area contributed by atoms with Gasteiger partial charge in [-0.2, -0.15) is 0 Å². The summed E-state index contributed by atoms with van der Waals surface area (Å²) in [6, 6.07) is 5.30. The smallest absolute Gasteiger partial charge is 0.250 e. The van der Waals surface area contributed by atoms with Crippen molar-refractivity contribution in [3.05, 3.63) is 34.2 Å². The predicted octanol–water partition coefficient (Wildman–Crippen LogP) is 1.60. The predicted molar refractivity (Wildman–Crippen MR) is 48.4 cm³/mol. The molecule has 62 valence electrons. The Labute approximate surface area is 72.3 Å². The molecule has 0 spiro atoms. The van der Waals surface area contributed by atoms with Crippen molar-refractivity contribution in [3.8, 4) is 0 Å². The maximum absolute atomic E-state index is 11.0. The molecule has 3 heteroatoms. The Morgan fingerprint density at radius 3 is 2.45 bits per heavy atom. The van der Waals surface area contributed by atoms with E-state index in [1.54, 1.807) is 16.7 Å². The molecule has 0 amide bonds.